The number of hydrogen-bond donors (Lipinski definition) is 1. The van der Waals surface area contributed by atoms with E-state index in [0.29, 0.717) is 16.0 Å². The molecule has 0 fully saturated rings. The minimum atomic E-state index is -3.84. The Morgan fingerprint density at radius 1 is 1.33 bits per heavy atom. The number of alkyl halides is 2. The predicted octanol–water partition coefficient (Wildman–Crippen LogP) is 4.23. The molecule has 1 atom stereocenters. The van der Waals surface area contributed by atoms with E-state index >= 15 is 0 Å². The van der Waals surface area contributed by atoms with E-state index in [2.05, 4.69) is 0 Å². The van der Waals surface area contributed by atoms with Crippen LogP contribution in [0.3, 0.4) is 0 Å². The van der Waals surface area contributed by atoms with Crippen LogP contribution in [0.15, 0.2) is 22.4 Å². The van der Waals surface area contributed by atoms with E-state index in [1.54, 1.807) is 0 Å². The van der Waals surface area contributed by atoms with Crippen molar-refractivity contribution in [2.75, 3.05) is 6.26 Å². The van der Waals surface area contributed by atoms with Gasteiger partial charge in [0.05, 0.1) is 0 Å². The third-order valence-electron chi connectivity index (χ3n) is 3.86. The Morgan fingerprint density at radius 3 is 2.58 bits per heavy atom. The van der Waals surface area contributed by atoms with Crippen molar-refractivity contribution in [2.24, 2.45) is 0 Å². The van der Waals surface area contributed by atoms with E-state index in [9.17, 15) is 26.7 Å². The fourth-order valence-corrected chi connectivity index (χ4v) is 5.63. The lowest BCUT2D eigenvalue weighted by atomic mass is 9.87. The standard InChI is InChI=1S/C15H12ClF3O3S2/c1-24(21,22)14-11-10(2-3-15(18,19)13(11)20)12(23-14)7-4-8(16)6-9(17)5-7/h4-6,13,20H,2-3H2,1H3/t13-/m0/s1. The highest BCUT2D eigenvalue weighted by atomic mass is 35.5. The molecule has 0 amide bonds. The third kappa shape index (κ3) is 2.96. The molecule has 1 N–H and O–H groups in total. The number of thiophene rings is 1. The summed E-state index contributed by atoms with van der Waals surface area (Å²) in [5.74, 6) is -4.04. The van der Waals surface area contributed by atoms with Crippen LogP contribution >= 0.6 is 22.9 Å². The Balaban J connectivity index is 2.31. The maximum atomic E-state index is 13.9. The van der Waals surface area contributed by atoms with Gasteiger partial charge in [0.15, 0.2) is 9.84 Å². The molecule has 0 saturated heterocycles. The van der Waals surface area contributed by atoms with Crippen LogP contribution in [0.4, 0.5) is 13.2 Å². The van der Waals surface area contributed by atoms with Crippen LogP contribution in [0.2, 0.25) is 5.02 Å². The van der Waals surface area contributed by atoms with Crippen molar-refractivity contribution >= 4 is 32.8 Å². The van der Waals surface area contributed by atoms with E-state index in [-0.39, 0.29) is 21.2 Å². The van der Waals surface area contributed by atoms with Crippen molar-refractivity contribution in [3.05, 3.63) is 40.2 Å². The molecule has 0 aliphatic heterocycles. The topological polar surface area (TPSA) is 54.4 Å². The zero-order valence-electron chi connectivity index (χ0n) is 12.3. The lowest BCUT2D eigenvalue weighted by molar-refractivity contribution is -0.122. The number of hydrogen-bond acceptors (Lipinski definition) is 4. The van der Waals surface area contributed by atoms with E-state index < -0.39 is 34.1 Å². The number of fused-ring (bicyclic) bond motifs is 1. The van der Waals surface area contributed by atoms with Gasteiger partial charge in [0.2, 0.25) is 0 Å². The number of aliphatic hydroxyl groups excluding tert-OH is 1. The first-order valence-electron chi connectivity index (χ1n) is 6.88. The summed E-state index contributed by atoms with van der Waals surface area (Å²) < 4.78 is 65.0. The fourth-order valence-electron chi connectivity index (χ4n) is 2.81. The highest BCUT2D eigenvalue weighted by Crippen LogP contribution is 2.51. The quantitative estimate of drug-likeness (QED) is 0.826. The SMILES string of the molecule is CS(=O)(=O)c1sc(-c2cc(F)cc(Cl)c2)c2c1[C@H](O)C(F)(F)CC2. The van der Waals surface area contributed by atoms with E-state index in [4.69, 9.17) is 11.6 Å². The molecule has 130 valence electrons. The first-order chi connectivity index (χ1) is 11.0. The first-order valence-corrected chi connectivity index (χ1v) is 9.97. The summed E-state index contributed by atoms with van der Waals surface area (Å²) in [6.45, 7) is 0. The summed E-state index contributed by atoms with van der Waals surface area (Å²) in [5, 5.41) is 10.1. The molecule has 24 heavy (non-hydrogen) atoms. The van der Waals surface area contributed by atoms with Gasteiger partial charge in [0.25, 0.3) is 5.92 Å². The molecule has 1 aliphatic rings. The highest BCUT2D eigenvalue weighted by molar-refractivity contribution is 7.92. The van der Waals surface area contributed by atoms with Crippen molar-refractivity contribution in [3.8, 4) is 10.4 Å². The van der Waals surface area contributed by atoms with E-state index in [1.165, 1.54) is 6.07 Å². The average molecular weight is 397 g/mol. The lowest BCUT2D eigenvalue weighted by Crippen LogP contribution is -2.32. The van der Waals surface area contributed by atoms with E-state index in [1.807, 2.05) is 0 Å². The van der Waals surface area contributed by atoms with Crippen molar-refractivity contribution < 1.29 is 26.7 Å². The van der Waals surface area contributed by atoms with Gasteiger partial charge in [-0.2, -0.15) is 0 Å². The minimum absolute atomic E-state index is 0.106. The van der Waals surface area contributed by atoms with Gasteiger partial charge >= 0.3 is 0 Å². The number of sulfone groups is 1. The van der Waals surface area contributed by atoms with Gasteiger partial charge in [-0.15, -0.1) is 11.3 Å². The zero-order chi connectivity index (χ0) is 17.9. The van der Waals surface area contributed by atoms with Gasteiger partial charge in [-0.05, 0) is 35.7 Å². The zero-order valence-corrected chi connectivity index (χ0v) is 14.7. The summed E-state index contributed by atoms with van der Waals surface area (Å²) >= 11 is 6.58. The molecule has 1 aromatic heterocycles. The molecule has 0 radical (unpaired) electrons. The summed E-state index contributed by atoms with van der Waals surface area (Å²) in [7, 11) is -3.84. The Morgan fingerprint density at radius 2 is 2.00 bits per heavy atom. The van der Waals surface area contributed by atoms with Crippen LogP contribution in [0.1, 0.15) is 23.7 Å². The molecule has 1 aromatic carbocycles. The van der Waals surface area contributed by atoms with Gasteiger partial charge in [0, 0.05) is 28.1 Å². The molecule has 0 saturated carbocycles. The van der Waals surface area contributed by atoms with Crippen LogP contribution in [0.5, 0.6) is 0 Å². The highest BCUT2D eigenvalue weighted by Gasteiger charge is 2.47. The molecular formula is C15H12ClF3O3S2. The van der Waals surface area contributed by atoms with Gasteiger partial charge in [0.1, 0.15) is 16.1 Å². The molecule has 1 heterocycles. The molecule has 1 aliphatic carbocycles. The Labute approximate surface area is 145 Å². The van der Waals surface area contributed by atoms with Gasteiger partial charge in [-0.3, -0.25) is 0 Å². The van der Waals surface area contributed by atoms with Crippen LogP contribution in [0.25, 0.3) is 10.4 Å². The van der Waals surface area contributed by atoms with Crippen molar-refractivity contribution in [3.63, 3.8) is 0 Å². The van der Waals surface area contributed by atoms with Crippen LogP contribution in [0, 0.1) is 5.82 Å². The number of halogens is 4. The smallest absolute Gasteiger partial charge is 0.277 e. The molecule has 0 unspecified atom stereocenters. The maximum absolute atomic E-state index is 13.9. The molecule has 0 bridgehead atoms. The van der Waals surface area contributed by atoms with E-state index in [0.717, 1.165) is 29.7 Å². The summed E-state index contributed by atoms with van der Waals surface area (Å²) in [4.78, 5) is 0.335. The molecule has 3 nitrogen and oxygen atoms in total. The third-order valence-corrected chi connectivity index (χ3v) is 7.22. The lowest BCUT2D eigenvalue weighted by Gasteiger charge is -2.29. The second-order valence-electron chi connectivity index (χ2n) is 5.70. The summed E-state index contributed by atoms with van der Waals surface area (Å²) in [6, 6.07) is 3.68. The Bertz CT molecular complexity index is 902. The summed E-state index contributed by atoms with van der Waals surface area (Å²) in [6.07, 6.45) is -2.05. The Hall–Kier alpha value is -1.09. The molecular weight excluding hydrogens is 385 g/mol. The van der Waals surface area contributed by atoms with Gasteiger partial charge in [-0.1, -0.05) is 11.6 Å². The maximum Gasteiger partial charge on any atom is 0.277 e. The molecule has 0 spiro atoms. The van der Waals surface area contributed by atoms with Crippen LogP contribution in [-0.4, -0.2) is 25.7 Å². The van der Waals surface area contributed by atoms with Crippen LogP contribution < -0.4 is 0 Å². The molecule has 3 rings (SSSR count). The first kappa shape index (κ1) is 17.7. The van der Waals surface area contributed by atoms with Crippen molar-refractivity contribution in [1.82, 2.24) is 0 Å². The Kier molecular flexibility index (Phi) is 4.23. The second-order valence-corrected chi connectivity index (χ2v) is 9.37. The van der Waals surface area contributed by atoms with Gasteiger partial charge in [-0.25, -0.2) is 21.6 Å². The predicted molar refractivity (Wildman–Crippen MR) is 86.1 cm³/mol. The van der Waals surface area contributed by atoms with Crippen molar-refractivity contribution in [2.45, 2.75) is 29.1 Å². The minimum Gasteiger partial charge on any atom is -0.382 e. The average Bonchev–Trinajstić information content (AvgIpc) is 2.82. The number of rotatable bonds is 2. The number of benzene rings is 1. The largest absolute Gasteiger partial charge is 0.382 e. The monoisotopic (exact) mass is 396 g/mol. The molecule has 2 aromatic rings. The number of aliphatic hydroxyl groups is 1. The second kappa shape index (κ2) is 5.72. The van der Waals surface area contributed by atoms with Gasteiger partial charge < -0.3 is 5.11 Å². The van der Waals surface area contributed by atoms with Crippen LogP contribution in [-0.2, 0) is 16.3 Å². The molecule has 9 heteroatoms. The summed E-state index contributed by atoms with van der Waals surface area (Å²) in [5.41, 5.74) is 0.322. The normalized spacial score (nSPS) is 20.0. The van der Waals surface area contributed by atoms with Crippen molar-refractivity contribution in [1.29, 1.82) is 0 Å². The fraction of sp³-hybridized carbons (Fsp3) is 0.333.